The lowest BCUT2D eigenvalue weighted by Crippen LogP contribution is -2.21. The number of carbonyl (C=O) groups excluding carboxylic acids is 1. The summed E-state index contributed by atoms with van der Waals surface area (Å²) < 4.78 is 1.66. The average Bonchev–Trinajstić information content (AvgIpc) is 2.97. The van der Waals surface area contributed by atoms with Gasteiger partial charge in [-0.3, -0.25) is 4.79 Å². The minimum absolute atomic E-state index is 0.108. The van der Waals surface area contributed by atoms with E-state index in [1.165, 1.54) is 0 Å². The molecule has 0 unspecified atom stereocenters. The molecule has 0 atom stereocenters. The zero-order chi connectivity index (χ0) is 18.7. The molecule has 0 radical (unpaired) electrons. The molecule has 3 rings (SSSR count). The van der Waals surface area contributed by atoms with Crippen LogP contribution in [0, 0.1) is 13.8 Å². The topological polar surface area (TPSA) is 59.8 Å². The zero-order valence-electron chi connectivity index (χ0n) is 15.7. The first-order valence-electron chi connectivity index (χ1n) is 8.82. The number of carbonyl (C=O) groups is 1. The van der Waals surface area contributed by atoms with E-state index in [1.807, 2.05) is 56.3 Å². The molecule has 5 heteroatoms. The zero-order valence-corrected chi connectivity index (χ0v) is 15.7. The Labute approximate surface area is 154 Å². The van der Waals surface area contributed by atoms with Crippen LogP contribution in [0.2, 0.25) is 0 Å². The maximum absolute atomic E-state index is 12.7. The van der Waals surface area contributed by atoms with E-state index in [0.29, 0.717) is 17.6 Å². The number of para-hydroxylation sites is 1. The number of hydrogen-bond donors (Lipinski definition) is 1. The normalized spacial score (nSPS) is 11.0. The van der Waals surface area contributed by atoms with Crippen LogP contribution in [0.4, 0.5) is 5.69 Å². The van der Waals surface area contributed by atoms with E-state index in [-0.39, 0.29) is 12.5 Å². The molecule has 0 saturated heterocycles. The van der Waals surface area contributed by atoms with Gasteiger partial charge in [-0.25, -0.2) is 9.67 Å². The fourth-order valence-electron chi connectivity index (χ4n) is 3.02. The van der Waals surface area contributed by atoms with Crippen molar-refractivity contribution < 1.29 is 4.79 Å². The number of rotatable bonds is 5. The van der Waals surface area contributed by atoms with E-state index in [4.69, 9.17) is 0 Å². The van der Waals surface area contributed by atoms with Gasteiger partial charge in [0.2, 0.25) is 5.91 Å². The molecular weight excluding hydrogens is 324 g/mol. The maximum Gasteiger partial charge on any atom is 0.246 e. The lowest BCUT2D eigenvalue weighted by Gasteiger charge is -2.16. The first-order valence-corrected chi connectivity index (χ1v) is 8.82. The third-order valence-electron chi connectivity index (χ3n) is 4.29. The molecule has 0 bridgehead atoms. The summed E-state index contributed by atoms with van der Waals surface area (Å²) in [4.78, 5) is 17.2. The molecule has 0 aliphatic carbocycles. The van der Waals surface area contributed by atoms with E-state index in [0.717, 1.165) is 22.4 Å². The summed E-state index contributed by atoms with van der Waals surface area (Å²) in [6.07, 6.45) is 0. The van der Waals surface area contributed by atoms with Gasteiger partial charge in [-0.2, -0.15) is 5.10 Å². The quantitative estimate of drug-likeness (QED) is 0.747. The number of nitrogens with zero attached hydrogens (tertiary/aromatic N) is 3. The van der Waals surface area contributed by atoms with Crippen molar-refractivity contribution in [3.63, 3.8) is 0 Å². The molecule has 134 valence electrons. The van der Waals surface area contributed by atoms with Crippen LogP contribution in [0.3, 0.4) is 0 Å². The molecule has 3 aromatic rings. The molecule has 0 aliphatic heterocycles. The van der Waals surface area contributed by atoms with E-state index in [9.17, 15) is 4.79 Å². The Morgan fingerprint density at radius 3 is 2.50 bits per heavy atom. The fourth-order valence-corrected chi connectivity index (χ4v) is 3.02. The lowest BCUT2D eigenvalue weighted by atomic mass is 9.98. The van der Waals surface area contributed by atoms with Crippen LogP contribution in [-0.4, -0.2) is 20.7 Å². The Bertz CT molecular complexity index is 913. The predicted octanol–water partition coefficient (Wildman–Crippen LogP) is 4.32. The van der Waals surface area contributed by atoms with Gasteiger partial charge in [0.25, 0.3) is 0 Å². The maximum atomic E-state index is 12.7. The highest BCUT2D eigenvalue weighted by Gasteiger charge is 2.16. The Morgan fingerprint density at radius 1 is 1.08 bits per heavy atom. The van der Waals surface area contributed by atoms with Crippen molar-refractivity contribution in [1.29, 1.82) is 0 Å². The molecule has 0 fully saturated rings. The van der Waals surface area contributed by atoms with Crippen molar-refractivity contribution in [2.24, 2.45) is 0 Å². The van der Waals surface area contributed by atoms with Crippen LogP contribution in [0.25, 0.3) is 11.4 Å². The number of benzene rings is 2. The Morgan fingerprint density at radius 2 is 1.81 bits per heavy atom. The summed E-state index contributed by atoms with van der Waals surface area (Å²) >= 11 is 0. The summed E-state index contributed by atoms with van der Waals surface area (Å²) in [5.41, 5.74) is 4.03. The molecule has 1 amide bonds. The minimum atomic E-state index is -0.108. The molecule has 0 spiro atoms. The Balaban J connectivity index is 1.85. The summed E-state index contributed by atoms with van der Waals surface area (Å²) in [6.45, 7) is 8.21. The van der Waals surface area contributed by atoms with Gasteiger partial charge in [0.15, 0.2) is 5.82 Å². The second-order valence-electron chi connectivity index (χ2n) is 6.75. The highest BCUT2D eigenvalue weighted by atomic mass is 16.2. The standard InChI is InChI=1S/C21H24N4O/c1-14(2)18-12-8-9-15(3)20(18)23-19(26)13-25-21(22-16(4)24-25)17-10-6-5-7-11-17/h5-12,14H,13H2,1-4H3,(H,23,26). The molecule has 0 saturated carbocycles. The van der Waals surface area contributed by atoms with Crippen LogP contribution < -0.4 is 5.32 Å². The summed E-state index contributed by atoms with van der Waals surface area (Å²) in [5, 5.41) is 7.46. The molecule has 2 aromatic carbocycles. The first kappa shape index (κ1) is 17.9. The van der Waals surface area contributed by atoms with E-state index >= 15 is 0 Å². The second-order valence-corrected chi connectivity index (χ2v) is 6.75. The fraction of sp³-hybridized carbons (Fsp3) is 0.286. The highest BCUT2D eigenvalue weighted by Crippen LogP contribution is 2.27. The minimum Gasteiger partial charge on any atom is -0.324 e. The number of anilines is 1. The highest BCUT2D eigenvalue weighted by molar-refractivity contribution is 5.92. The second kappa shape index (κ2) is 7.52. The molecule has 1 N–H and O–H groups in total. The third kappa shape index (κ3) is 3.82. The van der Waals surface area contributed by atoms with Crippen molar-refractivity contribution in [2.75, 3.05) is 5.32 Å². The van der Waals surface area contributed by atoms with Gasteiger partial charge in [0.05, 0.1) is 0 Å². The van der Waals surface area contributed by atoms with Gasteiger partial charge in [0, 0.05) is 11.3 Å². The largest absolute Gasteiger partial charge is 0.324 e. The van der Waals surface area contributed by atoms with E-state index < -0.39 is 0 Å². The Kier molecular flexibility index (Phi) is 5.16. The molecule has 5 nitrogen and oxygen atoms in total. The van der Waals surface area contributed by atoms with Gasteiger partial charge in [0.1, 0.15) is 12.4 Å². The van der Waals surface area contributed by atoms with Gasteiger partial charge >= 0.3 is 0 Å². The third-order valence-corrected chi connectivity index (χ3v) is 4.29. The average molecular weight is 348 g/mol. The lowest BCUT2D eigenvalue weighted by molar-refractivity contribution is -0.116. The number of amides is 1. The van der Waals surface area contributed by atoms with Gasteiger partial charge in [-0.15, -0.1) is 0 Å². The SMILES string of the molecule is Cc1nc(-c2ccccc2)n(CC(=O)Nc2c(C)cccc2C(C)C)n1. The monoisotopic (exact) mass is 348 g/mol. The smallest absolute Gasteiger partial charge is 0.246 e. The van der Waals surface area contributed by atoms with Crippen molar-refractivity contribution in [3.8, 4) is 11.4 Å². The van der Waals surface area contributed by atoms with Crippen molar-refractivity contribution in [2.45, 2.75) is 40.2 Å². The molecule has 26 heavy (non-hydrogen) atoms. The number of hydrogen-bond acceptors (Lipinski definition) is 3. The van der Waals surface area contributed by atoms with E-state index in [1.54, 1.807) is 4.68 Å². The summed E-state index contributed by atoms with van der Waals surface area (Å²) in [7, 11) is 0. The predicted molar refractivity (Wildman–Crippen MR) is 104 cm³/mol. The van der Waals surface area contributed by atoms with Crippen molar-refractivity contribution in [3.05, 3.63) is 65.5 Å². The van der Waals surface area contributed by atoms with Gasteiger partial charge in [-0.05, 0) is 30.9 Å². The number of nitrogens with one attached hydrogen (secondary N) is 1. The Hall–Kier alpha value is -2.95. The number of aryl methyl sites for hydroxylation is 2. The van der Waals surface area contributed by atoms with Gasteiger partial charge < -0.3 is 5.32 Å². The molecule has 0 aliphatic rings. The summed E-state index contributed by atoms with van der Waals surface area (Å²) in [5.74, 6) is 1.57. The van der Waals surface area contributed by atoms with Crippen molar-refractivity contribution in [1.82, 2.24) is 14.8 Å². The summed E-state index contributed by atoms with van der Waals surface area (Å²) in [6, 6.07) is 15.9. The molecule has 1 aromatic heterocycles. The van der Waals surface area contributed by atoms with Gasteiger partial charge in [-0.1, -0.05) is 62.4 Å². The molecular formula is C21H24N4O. The van der Waals surface area contributed by atoms with E-state index in [2.05, 4.69) is 35.3 Å². The van der Waals surface area contributed by atoms with Crippen molar-refractivity contribution >= 4 is 11.6 Å². The van der Waals surface area contributed by atoms with Crippen LogP contribution >= 0.6 is 0 Å². The van der Waals surface area contributed by atoms with Crippen LogP contribution in [0.15, 0.2) is 48.5 Å². The molecule has 1 heterocycles. The van der Waals surface area contributed by atoms with Crippen LogP contribution in [0.5, 0.6) is 0 Å². The first-order chi connectivity index (χ1) is 12.5. The van der Waals surface area contributed by atoms with Crippen LogP contribution in [0.1, 0.15) is 36.7 Å². The van der Waals surface area contributed by atoms with Crippen LogP contribution in [-0.2, 0) is 11.3 Å². The number of aromatic nitrogens is 3.